The smallest absolute Gasteiger partial charge is 0.261 e. The minimum atomic E-state index is -0.230. The predicted octanol–water partition coefficient (Wildman–Crippen LogP) is 3.35. The molecule has 122 valence electrons. The molecule has 2 aliphatic heterocycles. The van der Waals surface area contributed by atoms with Crippen molar-refractivity contribution >= 4 is 17.5 Å². The standard InChI is InChI=1S/C18H14N2O2.C2H6/c21-17-14-7-3-4-8-15(14)18(22)20(17)11-16-13-6-2-1-5-12(13)9-10-19-16;1-2/h1-8H,9-11H2;1-2H3. The van der Waals surface area contributed by atoms with Gasteiger partial charge >= 0.3 is 0 Å². The van der Waals surface area contributed by atoms with E-state index in [-0.39, 0.29) is 18.4 Å². The van der Waals surface area contributed by atoms with Crippen LogP contribution in [0.1, 0.15) is 45.7 Å². The summed E-state index contributed by atoms with van der Waals surface area (Å²) in [7, 11) is 0. The molecule has 0 aliphatic carbocycles. The molecular formula is C20H20N2O2. The number of benzene rings is 2. The maximum Gasteiger partial charge on any atom is 0.261 e. The number of hydrogen-bond donors (Lipinski definition) is 0. The summed E-state index contributed by atoms with van der Waals surface area (Å²) in [5.41, 5.74) is 4.06. The first-order valence-electron chi connectivity index (χ1n) is 8.32. The van der Waals surface area contributed by atoms with Gasteiger partial charge in [-0.15, -0.1) is 0 Å². The molecule has 24 heavy (non-hydrogen) atoms. The highest BCUT2D eigenvalue weighted by Crippen LogP contribution is 2.24. The molecule has 2 aromatic carbocycles. The number of hydrogen-bond acceptors (Lipinski definition) is 3. The van der Waals surface area contributed by atoms with E-state index in [1.807, 2.05) is 32.0 Å². The number of aliphatic imine (C=N–C) groups is 1. The monoisotopic (exact) mass is 320 g/mol. The fourth-order valence-electron chi connectivity index (χ4n) is 3.08. The molecule has 0 N–H and O–H groups in total. The lowest BCUT2D eigenvalue weighted by atomic mass is 9.97. The van der Waals surface area contributed by atoms with E-state index in [2.05, 4.69) is 11.1 Å². The Morgan fingerprint density at radius 3 is 2.04 bits per heavy atom. The average molecular weight is 320 g/mol. The maximum atomic E-state index is 12.4. The Morgan fingerprint density at radius 2 is 1.42 bits per heavy atom. The number of nitrogens with zero attached hydrogens (tertiary/aromatic N) is 2. The summed E-state index contributed by atoms with van der Waals surface area (Å²) >= 11 is 0. The van der Waals surface area contributed by atoms with Crippen molar-refractivity contribution in [3.05, 3.63) is 70.8 Å². The second-order valence-corrected chi connectivity index (χ2v) is 5.48. The van der Waals surface area contributed by atoms with E-state index < -0.39 is 0 Å². The quantitative estimate of drug-likeness (QED) is 0.797. The number of fused-ring (bicyclic) bond motifs is 2. The topological polar surface area (TPSA) is 49.7 Å². The van der Waals surface area contributed by atoms with E-state index in [4.69, 9.17) is 0 Å². The van der Waals surface area contributed by atoms with Crippen LogP contribution in [-0.2, 0) is 6.42 Å². The summed E-state index contributed by atoms with van der Waals surface area (Å²) in [5, 5.41) is 0. The summed E-state index contributed by atoms with van der Waals surface area (Å²) in [6, 6.07) is 15.0. The van der Waals surface area contributed by atoms with Gasteiger partial charge in [0.25, 0.3) is 11.8 Å². The zero-order valence-corrected chi connectivity index (χ0v) is 14.0. The van der Waals surface area contributed by atoms with E-state index in [0.717, 1.165) is 17.7 Å². The van der Waals surface area contributed by atoms with E-state index in [1.54, 1.807) is 24.3 Å². The fourth-order valence-corrected chi connectivity index (χ4v) is 3.08. The molecule has 4 rings (SSSR count). The Labute approximate surface area is 141 Å². The number of carbonyl (C=O) groups is 2. The van der Waals surface area contributed by atoms with Crippen molar-refractivity contribution in [3.8, 4) is 0 Å². The predicted molar refractivity (Wildman–Crippen MR) is 94.7 cm³/mol. The van der Waals surface area contributed by atoms with Gasteiger partial charge in [-0.3, -0.25) is 19.5 Å². The zero-order valence-electron chi connectivity index (χ0n) is 14.0. The molecule has 2 aromatic rings. The molecule has 0 saturated heterocycles. The third kappa shape index (κ3) is 2.64. The summed E-state index contributed by atoms with van der Waals surface area (Å²) in [6.07, 6.45) is 0.905. The molecule has 0 spiro atoms. The first-order chi connectivity index (χ1) is 11.8. The van der Waals surface area contributed by atoms with Crippen molar-refractivity contribution in [1.29, 1.82) is 0 Å². The first-order valence-corrected chi connectivity index (χ1v) is 8.32. The number of amides is 2. The Hall–Kier alpha value is -2.75. The molecule has 0 bridgehead atoms. The van der Waals surface area contributed by atoms with Crippen molar-refractivity contribution in [3.63, 3.8) is 0 Å². The Kier molecular flexibility index (Phi) is 4.56. The molecule has 0 fully saturated rings. The summed E-state index contributed by atoms with van der Waals surface area (Å²) < 4.78 is 0. The van der Waals surface area contributed by atoms with Gasteiger partial charge in [0.2, 0.25) is 0 Å². The number of rotatable bonds is 2. The Balaban J connectivity index is 0.000000815. The van der Waals surface area contributed by atoms with Gasteiger partial charge in [-0.1, -0.05) is 50.2 Å². The van der Waals surface area contributed by atoms with Gasteiger partial charge in [-0.05, 0) is 24.1 Å². The Morgan fingerprint density at radius 1 is 0.875 bits per heavy atom. The lowest BCUT2D eigenvalue weighted by Crippen LogP contribution is -2.36. The lowest BCUT2D eigenvalue weighted by molar-refractivity contribution is 0.0677. The van der Waals surface area contributed by atoms with Crippen LogP contribution in [0.15, 0.2) is 53.5 Å². The Bertz CT molecular complexity index is 789. The minimum Gasteiger partial charge on any atom is -0.287 e. The van der Waals surface area contributed by atoms with Crippen LogP contribution in [0.5, 0.6) is 0 Å². The van der Waals surface area contributed by atoms with Crippen molar-refractivity contribution in [2.24, 2.45) is 4.99 Å². The molecule has 0 saturated carbocycles. The van der Waals surface area contributed by atoms with Gasteiger partial charge < -0.3 is 0 Å². The number of imide groups is 1. The third-order valence-electron chi connectivity index (χ3n) is 4.20. The van der Waals surface area contributed by atoms with E-state index >= 15 is 0 Å². The van der Waals surface area contributed by atoms with Crippen molar-refractivity contribution in [2.45, 2.75) is 20.3 Å². The third-order valence-corrected chi connectivity index (χ3v) is 4.20. The maximum absolute atomic E-state index is 12.4. The number of carbonyl (C=O) groups excluding carboxylic acids is 2. The summed E-state index contributed by atoms with van der Waals surface area (Å²) in [5.74, 6) is -0.460. The van der Waals surface area contributed by atoms with Crippen LogP contribution in [0.3, 0.4) is 0 Å². The van der Waals surface area contributed by atoms with E-state index in [1.165, 1.54) is 10.5 Å². The van der Waals surface area contributed by atoms with Gasteiger partial charge in [0.05, 0.1) is 23.4 Å². The second kappa shape index (κ2) is 6.79. The van der Waals surface area contributed by atoms with Crippen LogP contribution in [0.25, 0.3) is 0 Å². The molecule has 0 atom stereocenters. The highest BCUT2D eigenvalue weighted by Gasteiger charge is 2.36. The van der Waals surface area contributed by atoms with Gasteiger partial charge in [0.1, 0.15) is 0 Å². The van der Waals surface area contributed by atoms with E-state index in [9.17, 15) is 9.59 Å². The average Bonchev–Trinajstić information content (AvgIpc) is 2.89. The minimum absolute atomic E-state index is 0.230. The normalized spacial score (nSPS) is 15.2. The SMILES string of the molecule is CC.O=C1c2ccccc2C(=O)N1CC1=NCCc2ccccc21. The van der Waals surface area contributed by atoms with Crippen molar-refractivity contribution in [1.82, 2.24) is 4.90 Å². The molecular weight excluding hydrogens is 300 g/mol. The van der Waals surface area contributed by atoms with Crippen LogP contribution < -0.4 is 0 Å². The van der Waals surface area contributed by atoms with Crippen LogP contribution in [0.2, 0.25) is 0 Å². The first kappa shape index (κ1) is 16.1. The van der Waals surface area contributed by atoms with E-state index in [0.29, 0.717) is 17.7 Å². The van der Waals surface area contributed by atoms with Crippen molar-refractivity contribution in [2.75, 3.05) is 13.1 Å². The van der Waals surface area contributed by atoms with Crippen molar-refractivity contribution < 1.29 is 9.59 Å². The molecule has 2 amide bonds. The molecule has 4 heteroatoms. The zero-order chi connectivity index (χ0) is 17.1. The van der Waals surface area contributed by atoms with Crippen LogP contribution in [0.4, 0.5) is 0 Å². The van der Waals surface area contributed by atoms with Crippen LogP contribution in [0, 0.1) is 0 Å². The molecule has 0 unspecified atom stereocenters. The summed E-state index contributed by atoms with van der Waals surface area (Å²) in [6.45, 7) is 4.94. The van der Waals surface area contributed by atoms with Crippen LogP contribution >= 0.6 is 0 Å². The highest BCUT2D eigenvalue weighted by molar-refractivity contribution is 6.23. The molecule has 4 nitrogen and oxygen atoms in total. The van der Waals surface area contributed by atoms with Crippen LogP contribution in [-0.4, -0.2) is 35.5 Å². The second-order valence-electron chi connectivity index (χ2n) is 5.48. The molecule has 2 heterocycles. The lowest BCUT2D eigenvalue weighted by Gasteiger charge is -2.20. The van der Waals surface area contributed by atoms with Gasteiger partial charge in [0.15, 0.2) is 0 Å². The molecule has 0 radical (unpaired) electrons. The molecule has 2 aliphatic rings. The van der Waals surface area contributed by atoms with Gasteiger partial charge in [-0.25, -0.2) is 0 Å². The largest absolute Gasteiger partial charge is 0.287 e. The molecule has 0 aromatic heterocycles. The highest BCUT2D eigenvalue weighted by atomic mass is 16.2. The van der Waals surface area contributed by atoms with Gasteiger partial charge in [-0.2, -0.15) is 0 Å². The van der Waals surface area contributed by atoms with Gasteiger partial charge in [0, 0.05) is 12.1 Å². The summed E-state index contributed by atoms with van der Waals surface area (Å²) in [4.78, 5) is 30.7. The fraction of sp³-hybridized carbons (Fsp3) is 0.250.